The number of rotatable bonds is 2. The van der Waals surface area contributed by atoms with Gasteiger partial charge in [0.15, 0.2) is 0 Å². The second-order valence-electron chi connectivity index (χ2n) is 6.79. The van der Waals surface area contributed by atoms with Gasteiger partial charge < -0.3 is 9.80 Å². The average molecular weight is 322 g/mol. The maximum atomic E-state index is 12.7. The van der Waals surface area contributed by atoms with Gasteiger partial charge in [0.05, 0.1) is 11.6 Å². The molecule has 0 radical (unpaired) electrons. The molecular weight excluding hydrogens is 300 g/mol. The van der Waals surface area contributed by atoms with Gasteiger partial charge in [0, 0.05) is 31.4 Å². The fraction of sp³-hybridized carbons (Fsp3) is 0.400. The van der Waals surface area contributed by atoms with E-state index in [9.17, 15) is 9.59 Å². The molecule has 2 fully saturated rings. The number of carbonyl (C=O) groups is 2. The fourth-order valence-corrected chi connectivity index (χ4v) is 3.92. The van der Waals surface area contributed by atoms with Crippen LogP contribution in [0.5, 0.6) is 0 Å². The minimum Gasteiger partial charge on any atom is -0.342 e. The SMILES string of the molecule is O=C([C@@H]1CC(=O)N(c2cccc3ccccc23)C1)N1CCCCC1. The molecule has 24 heavy (non-hydrogen) atoms. The monoisotopic (exact) mass is 322 g/mol. The molecule has 1 atom stereocenters. The normalized spacial score (nSPS) is 21.5. The Morgan fingerprint density at radius 1 is 0.958 bits per heavy atom. The van der Waals surface area contributed by atoms with Crippen molar-refractivity contribution in [1.29, 1.82) is 0 Å². The molecule has 2 aliphatic heterocycles. The van der Waals surface area contributed by atoms with Crippen LogP contribution in [0, 0.1) is 5.92 Å². The second-order valence-corrected chi connectivity index (χ2v) is 6.79. The highest BCUT2D eigenvalue weighted by Crippen LogP contribution is 2.32. The minimum absolute atomic E-state index is 0.0571. The van der Waals surface area contributed by atoms with Gasteiger partial charge in [0.1, 0.15) is 0 Å². The van der Waals surface area contributed by atoms with E-state index >= 15 is 0 Å². The van der Waals surface area contributed by atoms with Crippen molar-refractivity contribution >= 4 is 28.3 Å². The van der Waals surface area contributed by atoms with E-state index in [4.69, 9.17) is 0 Å². The average Bonchev–Trinajstić information content (AvgIpc) is 3.03. The number of likely N-dealkylation sites (tertiary alicyclic amines) is 1. The molecule has 124 valence electrons. The zero-order valence-corrected chi connectivity index (χ0v) is 13.8. The summed E-state index contributed by atoms with van der Waals surface area (Å²) in [6, 6.07) is 14.1. The molecule has 2 saturated heterocycles. The maximum absolute atomic E-state index is 12.7. The molecule has 2 heterocycles. The number of fused-ring (bicyclic) bond motifs is 1. The summed E-state index contributed by atoms with van der Waals surface area (Å²) in [5.74, 6) is 0.0158. The van der Waals surface area contributed by atoms with E-state index in [1.54, 1.807) is 4.90 Å². The van der Waals surface area contributed by atoms with Crippen LogP contribution in [0.1, 0.15) is 25.7 Å². The van der Waals surface area contributed by atoms with Crippen LogP contribution in [0.2, 0.25) is 0 Å². The summed E-state index contributed by atoms with van der Waals surface area (Å²) in [5, 5.41) is 2.19. The lowest BCUT2D eigenvalue weighted by atomic mass is 10.0. The van der Waals surface area contributed by atoms with Crippen LogP contribution in [-0.2, 0) is 9.59 Å². The lowest BCUT2D eigenvalue weighted by Crippen LogP contribution is -2.40. The first kappa shape index (κ1) is 15.2. The van der Waals surface area contributed by atoms with Crippen molar-refractivity contribution in [3.63, 3.8) is 0 Å². The first-order chi connectivity index (χ1) is 11.7. The van der Waals surface area contributed by atoms with E-state index in [0.717, 1.165) is 42.4 Å². The Morgan fingerprint density at radius 3 is 2.54 bits per heavy atom. The quantitative estimate of drug-likeness (QED) is 0.852. The van der Waals surface area contributed by atoms with Crippen molar-refractivity contribution in [2.24, 2.45) is 5.92 Å². The third-order valence-corrected chi connectivity index (χ3v) is 5.20. The number of hydrogen-bond acceptors (Lipinski definition) is 2. The third kappa shape index (κ3) is 2.66. The van der Waals surface area contributed by atoms with Gasteiger partial charge in [0.2, 0.25) is 11.8 Å². The summed E-state index contributed by atoms with van der Waals surface area (Å²) < 4.78 is 0. The Hall–Kier alpha value is -2.36. The van der Waals surface area contributed by atoms with Crippen molar-refractivity contribution < 1.29 is 9.59 Å². The van der Waals surface area contributed by atoms with Crippen molar-refractivity contribution in [3.8, 4) is 0 Å². The second kappa shape index (κ2) is 6.27. The zero-order chi connectivity index (χ0) is 16.5. The molecule has 4 nitrogen and oxygen atoms in total. The number of benzene rings is 2. The maximum Gasteiger partial charge on any atom is 0.228 e. The van der Waals surface area contributed by atoms with Gasteiger partial charge in [-0.25, -0.2) is 0 Å². The lowest BCUT2D eigenvalue weighted by molar-refractivity contribution is -0.136. The molecule has 0 N–H and O–H groups in total. The molecule has 0 spiro atoms. The molecule has 4 rings (SSSR count). The highest BCUT2D eigenvalue weighted by atomic mass is 16.2. The van der Waals surface area contributed by atoms with E-state index in [0.29, 0.717) is 13.0 Å². The van der Waals surface area contributed by atoms with Crippen LogP contribution in [0.4, 0.5) is 5.69 Å². The molecular formula is C20H22N2O2. The highest BCUT2D eigenvalue weighted by Gasteiger charge is 2.37. The van der Waals surface area contributed by atoms with Gasteiger partial charge in [-0.15, -0.1) is 0 Å². The molecule has 2 aromatic carbocycles. The summed E-state index contributed by atoms with van der Waals surface area (Å²) >= 11 is 0. The Balaban J connectivity index is 1.58. The number of hydrogen-bond donors (Lipinski definition) is 0. The van der Waals surface area contributed by atoms with E-state index in [2.05, 4.69) is 12.1 Å². The lowest BCUT2D eigenvalue weighted by Gasteiger charge is -2.29. The van der Waals surface area contributed by atoms with E-state index in [-0.39, 0.29) is 17.7 Å². The minimum atomic E-state index is -0.199. The van der Waals surface area contributed by atoms with E-state index in [1.165, 1.54) is 6.42 Å². The number of carbonyl (C=O) groups excluding carboxylic acids is 2. The summed E-state index contributed by atoms with van der Waals surface area (Å²) in [5.41, 5.74) is 0.923. The molecule has 0 saturated carbocycles. The van der Waals surface area contributed by atoms with Crippen LogP contribution in [-0.4, -0.2) is 36.3 Å². The Labute approximate surface area is 142 Å². The van der Waals surface area contributed by atoms with Gasteiger partial charge in [0.25, 0.3) is 0 Å². The summed E-state index contributed by atoms with van der Waals surface area (Å²) in [4.78, 5) is 29.1. The first-order valence-electron chi connectivity index (χ1n) is 8.81. The summed E-state index contributed by atoms with van der Waals surface area (Å²) in [6.07, 6.45) is 3.70. The molecule has 0 bridgehead atoms. The van der Waals surface area contributed by atoms with Crippen molar-refractivity contribution in [3.05, 3.63) is 42.5 Å². The smallest absolute Gasteiger partial charge is 0.228 e. The van der Waals surface area contributed by atoms with Gasteiger partial charge in [-0.3, -0.25) is 9.59 Å². The first-order valence-corrected chi connectivity index (χ1v) is 8.81. The Morgan fingerprint density at radius 2 is 1.71 bits per heavy atom. The van der Waals surface area contributed by atoms with Crippen molar-refractivity contribution in [1.82, 2.24) is 4.90 Å². The Bertz CT molecular complexity index is 775. The molecule has 0 aliphatic carbocycles. The fourth-order valence-electron chi connectivity index (χ4n) is 3.92. The van der Waals surface area contributed by atoms with E-state index < -0.39 is 0 Å². The Kier molecular flexibility index (Phi) is 3.97. The van der Waals surface area contributed by atoms with Crippen LogP contribution >= 0.6 is 0 Å². The molecule has 0 aromatic heterocycles. The van der Waals surface area contributed by atoms with Gasteiger partial charge in [-0.1, -0.05) is 36.4 Å². The van der Waals surface area contributed by atoms with Gasteiger partial charge in [-0.05, 0) is 30.7 Å². The van der Waals surface area contributed by atoms with Crippen LogP contribution in [0.25, 0.3) is 10.8 Å². The third-order valence-electron chi connectivity index (χ3n) is 5.20. The summed E-state index contributed by atoms with van der Waals surface area (Å²) in [6.45, 7) is 2.19. The van der Waals surface area contributed by atoms with Crippen LogP contribution in [0.3, 0.4) is 0 Å². The van der Waals surface area contributed by atoms with Crippen LogP contribution in [0.15, 0.2) is 42.5 Å². The van der Waals surface area contributed by atoms with Gasteiger partial charge >= 0.3 is 0 Å². The zero-order valence-electron chi connectivity index (χ0n) is 13.8. The largest absolute Gasteiger partial charge is 0.342 e. The predicted molar refractivity (Wildman–Crippen MR) is 94.8 cm³/mol. The number of nitrogens with zero attached hydrogens (tertiary/aromatic N) is 2. The number of piperidine rings is 1. The molecule has 2 amide bonds. The van der Waals surface area contributed by atoms with Gasteiger partial charge in [-0.2, -0.15) is 0 Å². The molecule has 0 unspecified atom stereocenters. The van der Waals surface area contributed by atoms with Crippen molar-refractivity contribution in [2.45, 2.75) is 25.7 Å². The molecule has 4 heteroatoms. The number of anilines is 1. The topological polar surface area (TPSA) is 40.6 Å². The number of amides is 2. The standard InChI is InChI=1S/C20H22N2O2/c23-19-13-16(20(24)21-11-4-1-5-12-21)14-22(19)18-10-6-8-15-7-2-3-9-17(15)18/h2-3,6-10,16H,1,4-5,11-14H2/t16-/m1/s1. The highest BCUT2D eigenvalue weighted by molar-refractivity contribution is 6.06. The molecule has 2 aromatic rings. The van der Waals surface area contributed by atoms with Crippen molar-refractivity contribution in [2.75, 3.05) is 24.5 Å². The molecule has 2 aliphatic rings. The van der Waals surface area contributed by atoms with E-state index in [1.807, 2.05) is 35.2 Å². The van der Waals surface area contributed by atoms with Crippen LogP contribution < -0.4 is 4.90 Å². The predicted octanol–water partition coefficient (Wildman–Crippen LogP) is 3.21. The summed E-state index contributed by atoms with van der Waals surface area (Å²) in [7, 11) is 0.